The number of benzene rings is 2. The van der Waals surface area contributed by atoms with Crippen molar-refractivity contribution in [2.75, 3.05) is 31.5 Å². The van der Waals surface area contributed by atoms with Crippen LogP contribution >= 0.6 is 0 Å². The molecule has 0 atom stereocenters. The van der Waals surface area contributed by atoms with Gasteiger partial charge in [-0.25, -0.2) is 4.52 Å². The number of anilines is 1. The summed E-state index contributed by atoms with van der Waals surface area (Å²) in [5.41, 5.74) is 4.42. The minimum atomic E-state index is -0.0166. The number of carbonyl (C=O) groups is 2. The Morgan fingerprint density at radius 1 is 0.865 bits per heavy atom. The normalized spacial score (nSPS) is 16.5. The topological polar surface area (TPSA) is 82.8 Å². The van der Waals surface area contributed by atoms with E-state index in [1.165, 1.54) is 5.56 Å². The molecule has 4 aromatic rings. The largest absolute Gasteiger partial charge is 0.337 e. The number of hydrogen-bond acceptors (Lipinski definition) is 5. The summed E-state index contributed by atoms with van der Waals surface area (Å²) in [6.45, 7) is 4.26. The number of fused-ring (bicyclic) bond motifs is 1. The van der Waals surface area contributed by atoms with Crippen molar-refractivity contribution < 1.29 is 9.59 Å². The molecule has 6 rings (SSSR count). The van der Waals surface area contributed by atoms with Crippen molar-refractivity contribution in [3.63, 3.8) is 0 Å². The third-order valence-corrected chi connectivity index (χ3v) is 7.10. The lowest BCUT2D eigenvalue weighted by Crippen LogP contribution is -2.35. The van der Waals surface area contributed by atoms with Crippen molar-refractivity contribution in [3.05, 3.63) is 83.9 Å². The van der Waals surface area contributed by atoms with Crippen molar-refractivity contribution >= 4 is 23.4 Å². The summed E-state index contributed by atoms with van der Waals surface area (Å²) in [6.07, 6.45) is 2.82. The second-order valence-corrected chi connectivity index (χ2v) is 9.86. The fourth-order valence-electron chi connectivity index (χ4n) is 4.87. The maximum absolute atomic E-state index is 13.3. The molecule has 8 heteroatoms. The molecule has 1 saturated carbocycles. The van der Waals surface area contributed by atoms with Crippen LogP contribution in [0.15, 0.2) is 72.8 Å². The Bertz CT molecular complexity index is 1410. The standard InChI is InChI=1S/C29H30N6O2/c36-27(23-12-13-23)31-29-30-26-9-4-8-25(35(26)32-29)22-10-14-24(15-11-22)28(37)34-17-5-16-33(18-19-34)20-21-6-2-1-3-7-21/h1-4,6-11,14-15,23H,5,12-13,16-20H2,(H,31,32,36). The minimum absolute atomic E-state index is 0.0166. The van der Waals surface area contributed by atoms with Crippen LogP contribution in [0.25, 0.3) is 16.9 Å². The van der Waals surface area contributed by atoms with Gasteiger partial charge in [-0.15, -0.1) is 5.10 Å². The van der Waals surface area contributed by atoms with Gasteiger partial charge in [0, 0.05) is 49.8 Å². The molecule has 2 aromatic carbocycles. The van der Waals surface area contributed by atoms with E-state index in [0.717, 1.165) is 63.2 Å². The molecule has 1 N–H and O–H groups in total. The van der Waals surface area contributed by atoms with Crippen molar-refractivity contribution in [3.8, 4) is 11.3 Å². The Labute approximate surface area is 215 Å². The summed E-state index contributed by atoms with van der Waals surface area (Å²) in [4.78, 5) is 34.2. The van der Waals surface area contributed by atoms with E-state index in [2.05, 4.69) is 44.6 Å². The summed E-state index contributed by atoms with van der Waals surface area (Å²) in [7, 11) is 0. The zero-order valence-electron chi connectivity index (χ0n) is 20.7. The van der Waals surface area contributed by atoms with Crippen molar-refractivity contribution in [1.29, 1.82) is 0 Å². The Kier molecular flexibility index (Phi) is 6.40. The molecule has 1 saturated heterocycles. The van der Waals surface area contributed by atoms with Crippen LogP contribution in [0.2, 0.25) is 0 Å². The Hall–Kier alpha value is -4.04. The molecule has 2 aliphatic rings. The van der Waals surface area contributed by atoms with Gasteiger partial charge in [0.2, 0.25) is 11.9 Å². The molecule has 188 valence electrons. The van der Waals surface area contributed by atoms with E-state index in [1.54, 1.807) is 4.52 Å². The molecule has 1 aliphatic heterocycles. The van der Waals surface area contributed by atoms with Crippen LogP contribution in [0.5, 0.6) is 0 Å². The number of rotatable bonds is 6. The highest BCUT2D eigenvalue weighted by Gasteiger charge is 2.30. The monoisotopic (exact) mass is 494 g/mol. The molecule has 0 radical (unpaired) electrons. The van der Waals surface area contributed by atoms with Gasteiger partial charge in [-0.05, 0) is 49.1 Å². The zero-order chi connectivity index (χ0) is 25.2. The van der Waals surface area contributed by atoms with Crippen LogP contribution < -0.4 is 5.32 Å². The quantitative estimate of drug-likeness (QED) is 0.437. The van der Waals surface area contributed by atoms with Gasteiger partial charge in [-0.2, -0.15) is 4.98 Å². The van der Waals surface area contributed by atoms with Gasteiger partial charge < -0.3 is 4.90 Å². The summed E-state index contributed by atoms with van der Waals surface area (Å²) in [5, 5.41) is 7.33. The second kappa shape index (κ2) is 10.1. The van der Waals surface area contributed by atoms with Gasteiger partial charge in [0.05, 0.1) is 5.69 Å². The fourth-order valence-corrected chi connectivity index (χ4v) is 4.87. The molecule has 0 bridgehead atoms. The Balaban J connectivity index is 1.13. The average molecular weight is 495 g/mol. The van der Waals surface area contributed by atoms with Crippen LogP contribution in [0.4, 0.5) is 5.95 Å². The van der Waals surface area contributed by atoms with E-state index in [0.29, 0.717) is 17.2 Å². The first kappa shape index (κ1) is 23.4. The predicted octanol–water partition coefficient (Wildman–Crippen LogP) is 4.09. The van der Waals surface area contributed by atoms with E-state index < -0.39 is 0 Å². The Morgan fingerprint density at radius 3 is 2.46 bits per heavy atom. The number of nitrogens with zero attached hydrogens (tertiary/aromatic N) is 5. The van der Waals surface area contributed by atoms with Crippen LogP contribution in [0.1, 0.15) is 35.2 Å². The third-order valence-electron chi connectivity index (χ3n) is 7.10. The van der Waals surface area contributed by atoms with Gasteiger partial charge >= 0.3 is 0 Å². The second-order valence-electron chi connectivity index (χ2n) is 9.86. The van der Waals surface area contributed by atoms with Crippen LogP contribution in [0.3, 0.4) is 0 Å². The van der Waals surface area contributed by atoms with Crippen LogP contribution in [0, 0.1) is 5.92 Å². The number of amides is 2. The number of carbonyl (C=O) groups excluding carboxylic acids is 2. The smallest absolute Gasteiger partial charge is 0.253 e. The molecular formula is C29H30N6O2. The SMILES string of the molecule is O=C(Nc1nc2cccc(-c3ccc(C(=O)N4CCCN(Cc5ccccc5)CC4)cc3)n2n1)C1CC1. The van der Waals surface area contributed by atoms with E-state index in [9.17, 15) is 9.59 Å². The summed E-state index contributed by atoms with van der Waals surface area (Å²) in [5.74, 6) is 0.458. The number of aromatic nitrogens is 3. The van der Waals surface area contributed by atoms with E-state index in [-0.39, 0.29) is 17.7 Å². The average Bonchev–Trinajstić information content (AvgIpc) is 3.73. The van der Waals surface area contributed by atoms with E-state index in [1.807, 2.05) is 53.4 Å². The van der Waals surface area contributed by atoms with Crippen LogP contribution in [-0.4, -0.2) is 62.4 Å². The van der Waals surface area contributed by atoms with Crippen molar-refractivity contribution in [2.45, 2.75) is 25.8 Å². The highest BCUT2D eigenvalue weighted by atomic mass is 16.2. The van der Waals surface area contributed by atoms with Crippen molar-refractivity contribution in [2.24, 2.45) is 5.92 Å². The molecule has 37 heavy (non-hydrogen) atoms. The van der Waals surface area contributed by atoms with Crippen LogP contribution in [-0.2, 0) is 11.3 Å². The first-order valence-electron chi connectivity index (χ1n) is 13.0. The lowest BCUT2D eigenvalue weighted by atomic mass is 10.1. The maximum atomic E-state index is 13.3. The predicted molar refractivity (Wildman–Crippen MR) is 142 cm³/mol. The molecule has 2 amide bonds. The Morgan fingerprint density at radius 2 is 1.68 bits per heavy atom. The molecule has 2 aromatic heterocycles. The molecule has 0 unspecified atom stereocenters. The molecule has 0 spiro atoms. The lowest BCUT2D eigenvalue weighted by Gasteiger charge is -2.22. The molecule has 1 aliphatic carbocycles. The van der Waals surface area contributed by atoms with Gasteiger partial charge in [0.15, 0.2) is 5.65 Å². The number of nitrogens with one attached hydrogen (secondary N) is 1. The minimum Gasteiger partial charge on any atom is -0.337 e. The number of pyridine rings is 1. The third kappa shape index (κ3) is 5.24. The molecule has 3 heterocycles. The first-order valence-corrected chi connectivity index (χ1v) is 13.0. The van der Waals surface area contributed by atoms with Crippen molar-refractivity contribution in [1.82, 2.24) is 24.4 Å². The molecule has 2 fully saturated rings. The van der Waals surface area contributed by atoms with E-state index >= 15 is 0 Å². The highest BCUT2D eigenvalue weighted by Crippen LogP contribution is 2.30. The molecular weight excluding hydrogens is 464 g/mol. The van der Waals surface area contributed by atoms with Gasteiger partial charge in [0.1, 0.15) is 0 Å². The van der Waals surface area contributed by atoms with Gasteiger partial charge in [0.25, 0.3) is 5.91 Å². The lowest BCUT2D eigenvalue weighted by molar-refractivity contribution is -0.117. The van der Waals surface area contributed by atoms with Gasteiger partial charge in [-0.3, -0.25) is 19.8 Å². The maximum Gasteiger partial charge on any atom is 0.253 e. The molecule has 8 nitrogen and oxygen atoms in total. The summed E-state index contributed by atoms with van der Waals surface area (Å²) in [6, 6.07) is 23.9. The summed E-state index contributed by atoms with van der Waals surface area (Å²) >= 11 is 0. The first-order chi connectivity index (χ1) is 18.1. The van der Waals surface area contributed by atoms with Gasteiger partial charge in [-0.1, -0.05) is 48.5 Å². The fraction of sp³-hybridized carbons (Fsp3) is 0.310. The number of hydrogen-bond donors (Lipinski definition) is 1. The zero-order valence-corrected chi connectivity index (χ0v) is 20.7. The highest BCUT2D eigenvalue weighted by molar-refractivity contribution is 5.95. The van der Waals surface area contributed by atoms with E-state index in [4.69, 9.17) is 0 Å². The summed E-state index contributed by atoms with van der Waals surface area (Å²) < 4.78 is 1.73.